The summed E-state index contributed by atoms with van der Waals surface area (Å²) in [5.74, 6) is -1.37. The number of esters is 1. The summed E-state index contributed by atoms with van der Waals surface area (Å²) in [6.07, 6.45) is -30.8. The molecule has 68 heavy (non-hydrogen) atoms. The largest absolute Gasteiger partial charge is 0.432 e. The van der Waals surface area contributed by atoms with Gasteiger partial charge < -0.3 is 114 Å². The highest BCUT2D eigenvalue weighted by molar-refractivity contribution is 5.78. The molecule has 0 radical (unpaired) electrons. The topological polar surface area (TPSA) is 394 Å². The zero-order valence-corrected chi connectivity index (χ0v) is 37.7. The summed E-state index contributed by atoms with van der Waals surface area (Å²) in [6.45, 7) is 2.77. The highest BCUT2D eigenvalue weighted by Gasteiger charge is 2.70. The van der Waals surface area contributed by atoms with Crippen molar-refractivity contribution in [2.24, 2.45) is 28.1 Å². The highest BCUT2D eigenvalue weighted by Crippen LogP contribution is 2.74. The average Bonchev–Trinajstić information content (AvgIpc) is 3.52. The van der Waals surface area contributed by atoms with Gasteiger partial charge in [-0.1, -0.05) is 19.9 Å². The Bertz CT molecular complexity index is 1770. The van der Waals surface area contributed by atoms with Crippen LogP contribution in [0.15, 0.2) is 12.2 Å². The molecule has 0 aromatic rings. The number of carbonyl (C=O) groups is 1. The van der Waals surface area contributed by atoms with Crippen LogP contribution in [-0.4, -0.2) is 244 Å². The molecule has 4 aliphatic carbocycles. The minimum Gasteiger partial charge on any atom is -0.432 e. The first-order valence-corrected chi connectivity index (χ1v) is 23.5. The Balaban J connectivity index is 1.07. The lowest BCUT2D eigenvalue weighted by Crippen LogP contribution is -2.68. The van der Waals surface area contributed by atoms with Gasteiger partial charge in [0, 0.05) is 0 Å². The summed E-state index contributed by atoms with van der Waals surface area (Å²) in [4.78, 5) is 14.4. The molecule has 8 rings (SSSR count). The molecular weight excluding hydrogens is 912 g/mol. The van der Waals surface area contributed by atoms with Gasteiger partial charge in [0.05, 0.1) is 44.1 Å². The maximum atomic E-state index is 14.4. The molecule has 4 heterocycles. The molecule has 4 saturated heterocycles. The van der Waals surface area contributed by atoms with E-state index in [2.05, 4.69) is 13.5 Å². The van der Waals surface area contributed by atoms with Gasteiger partial charge in [0.25, 0.3) is 0 Å². The molecule has 0 aromatic carbocycles. The van der Waals surface area contributed by atoms with Gasteiger partial charge in [-0.25, -0.2) is 0 Å². The van der Waals surface area contributed by atoms with Crippen LogP contribution >= 0.6 is 0 Å². The van der Waals surface area contributed by atoms with Crippen LogP contribution in [0.2, 0.25) is 0 Å². The maximum absolute atomic E-state index is 14.4. The predicted molar refractivity (Wildman–Crippen MR) is 220 cm³/mol. The van der Waals surface area contributed by atoms with Gasteiger partial charge in [-0.15, -0.1) is 0 Å². The van der Waals surface area contributed by atoms with Crippen LogP contribution in [0.4, 0.5) is 0 Å². The van der Waals surface area contributed by atoms with Crippen LogP contribution in [0.3, 0.4) is 0 Å². The van der Waals surface area contributed by atoms with Gasteiger partial charge in [-0.2, -0.15) is 0 Å². The molecule has 4 saturated carbocycles. The molecule has 8 aliphatic rings. The third-order valence-electron chi connectivity index (χ3n) is 17.1. The van der Waals surface area contributed by atoms with Crippen molar-refractivity contribution in [3.63, 3.8) is 0 Å². The van der Waals surface area contributed by atoms with Gasteiger partial charge in [0.2, 0.25) is 6.29 Å². The summed E-state index contributed by atoms with van der Waals surface area (Å²) in [6, 6.07) is 0. The molecule has 8 fully saturated rings. The van der Waals surface area contributed by atoms with E-state index < -0.39 is 190 Å². The van der Waals surface area contributed by atoms with Crippen LogP contribution in [0, 0.1) is 28.1 Å². The van der Waals surface area contributed by atoms with E-state index >= 15 is 0 Å². The van der Waals surface area contributed by atoms with Crippen molar-refractivity contribution in [2.75, 3.05) is 33.0 Å². The Hall–Kier alpha value is -1.67. The minimum atomic E-state index is -1.97. The van der Waals surface area contributed by atoms with Gasteiger partial charge in [-0.3, -0.25) is 4.79 Å². The average molecular weight is 983 g/mol. The number of rotatable bonds is 13. The first-order chi connectivity index (χ1) is 32.2. The van der Waals surface area contributed by atoms with Crippen molar-refractivity contribution in [1.29, 1.82) is 0 Å². The molecule has 15 N–H and O–H groups in total. The summed E-state index contributed by atoms with van der Waals surface area (Å²) < 4.78 is 48.0. The normalized spacial score (nSPS) is 53.9. The fourth-order valence-corrected chi connectivity index (χ4v) is 13.5. The van der Waals surface area contributed by atoms with Gasteiger partial charge in [0.1, 0.15) is 97.7 Å². The van der Waals surface area contributed by atoms with E-state index in [-0.39, 0.29) is 12.3 Å². The summed E-state index contributed by atoms with van der Waals surface area (Å²) in [5, 5.41) is 159. The molecular formula is C44H70O24. The van der Waals surface area contributed by atoms with Gasteiger partial charge in [-0.05, 0) is 79.6 Å². The van der Waals surface area contributed by atoms with Crippen LogP contribution in [0.25, 0.3) is 0 Å². The Labute approximate surface area is 391 Å². The van der Waals surface area contributed by atoms with Crippen molar-refractivity contribution in [1.82, 2.24) is 0 Å². The van der Waals surface area contributed by atoms with Crippen LogP contribution in [0.5, 0.6) is 0 Å². The zero-order chi connectivity index (χ0) is 49.4. The number of aliphatic hydroxyl groups is 15. The standard InChI is InChI=1S/C44H70O24/c1-17-10-42-8-4-23-41(2,6-3-7-43(23,16-49)40(60)67-38-33(59)30(56)26(52)20(13-47)63-38)22(42)5-9-44(17,15-42)68-39-35(66-37-32(58)29(55)25(51)19(12-46)62-37)34(27(53)21(14-48)64-39)65-36-31(57)28(54)24(50)18(11-45)61-36/h18-39,45-59H,1,3-16H2,2H3/t18?,19?,20?,21?,22-,23-,24?,25?,26?,27?,28?,29?,30?,31?,32?,33?,34?,35?,36?,37?,38?,39?,41-,42+,43-,44?/m0/s1. The van der Waals surface area contributed by atoms with Crippen molar-refractivity contribution in [3.8, 4) is 0 Å². The monoisotopic (exact) mass is 982 g/mol. The molecule has 24 heteroatoms. The van der Waals surface area contributed by atoms with Crippen molar-refractivity contribution >= 4 is 5.97 Å². The molecule has 4 aliphatic heterocycles. The fourth-order valence-electron chi connectivity index (χ4n) is 13.5. The second-order valence-corrected chi connectivity index (χ2v) is 20.7. The molecule has 24 nitrogen and oxygen atoms in total. The Morgan fingerprint density at radius 3 is 1.57 bits per heavy atom. The van der Waals surface area contributed by atoms with E-state index in [1.54, 1.807) is 0 Å². The third kappa shape index (κ3) is 8.59. The van der Waals surface area contributed by atoms with E-state index in [0.717, 1.165) is 0 Å². The van der Waals surface area contributed by atoms with Crippen molar-refractivity contribution in [2.45, 2.75) is 193 Å². The molecule has 0 aromatic heterocycles. The Morgan fingerprint density at radius 1 is 0.574 bits per heavy atom. The van der Waals surface area contributed by atoms with Gasteiger partial charge in [0.15, 0.2) is 18.9 Å². The molecule has 2 bridgehead atoms. The second kappa shape index (κ2) is 20.0. The lowest BCUT2D eigenvalue weighted by atomic mass is 9.40. The van der Waals surface area contributed by atoms with Crippen LogP contribution < -0.4 is 0 Å². The zero-order valence-electron chi connectivity index (χ0n) is 37.7. The molecule has 0 amide bonds. The van der Waals surface area contributed by atoms with Crippen molar-refractivity contribution in [3.05, 3.63) is 12.2 Å². The van der Waals surface area contributed by atoms with Crippen LogP contribution in [0.1, 0.15) is 64.7 Å². The second-order valence-electron chi connectivity index (χ2n) is 20.7. The number of hydrogen-bond donors (Lipinski definition) is 15. The molecule has 390 valence electrons. The summed E-state index contributed by atoms with van der Waals surface area (Å²) in [5.41, 5.74) is -3.07. The third-order valence-corrected chi connectivity index (χ3v) is 17.1. The smallest absolute Gasteiger partial charge is 0.317 e. The molecule has 1 spiro atoms. The Morgan fingerprint density at radius 2 is 1.04 bits per heavy atom. The number of hydrogen-bond acceptors (Lipinski definition) is 24. The van der Waals surface area contributed by atoms with E-state index in [1.807, 2.05) is 0 Å². The van der Waals surface area contributed by atoms with Gasteiger partial charge >= 0.3 is 5.97 Å². The van der Waals surface area contributed by atoms with E-state index in [1.165, 1.54) is 0 Å². The number of carbonyl (C=O) groups excluding carboxylic acids is 1. The Kier molecular flexibility index (Phi) is 15.5. The van der Waals surface area contributed by atoms with E-state index in [4.69, 9.17) is 37.9 Å². The fraction of sp³-hybridized carbons (Fsp3) is 0.932. The number of fused-ring (bicyclic) bond motifs is 3. The van der Waals surface area contributed by atoms with Crippen molar-refractivity contribution < 1.29 is 119 Å². The number of ether oxygens (including phenoxy) is 8. The molecule has 26 atom stereocenters. The lowest BCUT2D eigenvalue weighted by molar-refractivity contribution is -0.400. The summed E-state index contributed by atoms with van der Waals surface area (Å²) in [7, 11) is 0. The quantitative estimate of drug-likeness (QED) is 0.0464. The first kappa shape index (κ1) is 52.6. The van der Waals surface area contributed by atoms with E-state index in [0.29, 0.717) is 56.9 Å². The van der Waals surface area contributed by atoms with E-state index in [9.17, 15) is 81.4 Å². The maximum Gasteiger partial charge on any atom is 0.317 e. The SMILES string of the molecule is C=C1C[C@@]23CC[C@@H]4[C@](CO)(C(=O)OC5OC(CO)C(O)C(O)C5O)CCC[C@@]4(C)[C@@H]2CCC1(OC1OC(CO)C(O)C(OC2OC(CO)C(O)C(O)C2O)C1OC1OC(CO)C(O)C(O)C1O)C3. The predicted octanol–water partition coefficient (Wildman–Crippen LogP) is -6.14. The number of aliphatic hydroxyl groups excluding tert-OH is 15. The highest BCUT2D eigenvalue weighted by atomic mass is 16.8. The summed E-state index contributed by atoms with van der Waals surface area (Å²) >= 11 is 0. The lowest BCUT2D eigenvalue weighted by Gasteiger charge is -2.64. The van der Waals surface area contributed by atoms with Crippen LogP contribution in [-0.2, 0) is 42.7 Å². The first-order valence-electron chi connectivity index (χ1n) is 23.5. The minimum absolute atomic E-state index is 0.0845. The molecule has 21 unspecified atom stereocenters.